The van der Waals surface area contributed by atoms with E-state index in [-0.39, 0.29) is 6.42 Å². The summed E-state index contributed by atoms with van der Waals surface area (Å²) in [5.41, 5.74) is 0.789. The van der Waals surface area contributed by atoms with Gasteiger partial charge in [0.25, 0.3) is 5.79 Å². The Kier molecular flexibility index (Phi) is 6.13. The largest absolute Gasteiger partial charge is 0.493 e. The Morgan fingerprint density at radius 3 is 2.65 bits per heavy atom. The zero-order chi connectivity index (χ0) is 21.8. The average Bonchev–Trinajstić information content (AvgIpc) is 2.75. The number of carbonyl (C=O) groups excluding carboxylic acids is 2. The average molecular weight is 446 g/mol. The third-order valence-corrected chi connectivity index (χ3v) is 5.00. The van der Waals surface area contributed by atoms with Gasteiger partial charge in [-0.15, -0.1) is 0 Å². The van der Waals surface area contributed by atoms with Crippen LogP contribution in [0.1, 0.15) is 5.56 Å². The molecule has 1 unspecified atom stereocenters. The number of esters is 2. The Hall–Kier alpha value is -3.07. The van der Waals surface area contributed by atoms with Gasteiger partial charge in [-0.05, 0) is 29.8 Å². The summed E-state index contributed by atoms with van der Waals surface area (Å²) in [6.07, 6.45) is 1.29. The van der Waals surface area contributed by atoms with Crippen molar-refractivity contribution in [3.05, 3.63) is 65.2 Å². The highest BCUT2D eigenvalue weighted by atomic mass is 35.5. The maximum Gasteiger partial charge on any atom is 0.333 e. The summed E-state index contributed by atoms with van der Waals surface area (Å²) in [5, 5.41) is 3.57. The molecule has 2 atom stereocenters. The molecule has 2 aliphatic rings. The highest BCUT2D eigenvalue weighted by Crippen LogP contribution is 2.34. The van der Waals surface area contributed by atoms with Crippen LogP contribution in [0.2, 0.25) is 5.02 Å². The molecule has 0 saturated carbocycles. The van der Waals surface area contributed by atoms with E-state index in [0.717, 1.165) is 17.7 Å². The van der Waals surface area contributed by atoms with Gasteiger partial charge in [0.05, 0.1) is 13.7 Å². The first-order valence-corrected chi connectivity index (χ1v) is 9.94. The summed E-state index contributed by atoms with van der Waals surface area (Å²) >= 11 is 5.98. The van der Waals surface area contributed by atoms with Crippen molar-refractivity contribution in [2.75, 3.05) is 20.3 Å². The Bertz CT molecular complexity index is 1010. The predicted octanol–water partition coefficient (Wildman–Crippen LogP) is 2.98. The molecular formula is C22H20ClNO7. The van der Waals surface area contributed by atoms with Crippen LogP contribution in [0, 0.1) is 0 Å². The van der Waals surface area contributed by atoms with Crippen LogP contribution in [0.25, 0.3) is 0 Å². The molecule has 0 amide bonds. The van der Waals surface area contributed by atoms with Crippen LogP contribution < -0.4 is 14.8 Å². The van der Waals surface area contributed by atoms with Crippen molar-refractivity contribution in [1.82, 2.24) is 5.32 Å². The van der Waals surface area contributed by atoms with E-state index in [1.807, 2.05) is 12.1 Å². The fourth-order valence-corrected chi connectivity index (χ4v) is 3.51. The lowest BCUT2D eigenvalue weighted by Crippen LogP contribution is -2.63. The van der Waals surface area contributed by atoms with E-state index in [4.69, 9.17) is 35.3 Å². The lowest BCUT2D eigenvalue weighted by molar-refractivity contribution is -0.292. The summed E-state index contributed by atoms with van der Waals surface area (Å²) in [7, 11) is 1.54. The fraction of sp³-hybridized carbons (Fsp3) is 0.273. The molecule has 2 heterocycles. The molecule has 2 aromatic carbocycles. The molecule has 162 valence electrons. The minimum Gasteiger partial charge on any atom is -0.493 e. The van der Waals surface area contributed by atoms with E-state index < -0.39 is 24.0 Å². The van der Waals surface area contributed by atoms with Crippen molar-refractivity contribution in [3.8, 4) is 17.2 Å². The Balaban J connectivity index is 1.54. The second kappa shape index (κ2) is 8.97. The van der Waals surface area contributed by atoms with E-state index in [1.165, 1.54) is 7.11 Å². The molecule has 0 spiro atoms. The first-order valence-electron chi connectivity index (χ1n) is 9.57. The van der Waals surface area contributed by atoms with Crippen molar-refractivity contribution < 1.29 is 33.3 Å². The van der Waals surface area contributed by atoms with Gasteiger partial charge in [0.15, 0.2) is 11.5 Å². The van der Waals surface area contributed by atoms with E-state index in [0.29, 0.717) is 35.4 Å². The number of ether oxygens (including phenoxy) is 5. The third kappa shape index (κ3) is 4.82. The number of methoxy groups -OCH3 is 1. The second-order valence-electron chi connectivity index (χ2n) is 6.90. The van der Waals surface area contributed by atoms with E-state index >= 15 is 0 Å². The third-order valence-electron chi connectivity index (χ3n) is 4.77. The number of hydrogen-bond donors (Lipinski definition) is 1. The number of fused-ring (bicyclic) bond motifs is 1. The molecule has 0 aromatic heterocycles. The van der Waals surface area contributed by atoms with Gasteiger partial charge in [-0.3, -0.25) is 5.32 Å². The summed E-state index contributed by atoms with van der Waals surface area (Å²) in [4.78, 5) is 24.0. The van der Waals surface area contributed by atoms with Gasteiger partial charge in [0.2, 0.25) is 6.23 Å². The topological polar surface area (TPSA) is 92.3 Å². The Morgan fingerprint density at radius 2 is 1.87 bits per heavy atom. The Labute approximate surface area is 183 Å². The molecule has 0 aliphatic carbocycles. The summed E-state index contributed by atoms with van der Waals surface area (Å²) in [6, 6.07) is 12.2. The zero-order valence-electron chi connectivity index (χ0n) is 16.6. The number of benzene rings is 2. The maximum absolute atomic E-state index is 12.1. The number of halogens is 1. The smallest absolute Gasteiger partial charge is 0.333 e. The van der Waals surface area contributed by atoms with Crippen molar-refractivity contribution in [2.24, 2.45) is 0 Å². The number of rotatable bonds is 5. The number of nitrogens with one attached hydrogen (secondary N) is 1. The predicted molar refractivity (Wildman–Crippen MR) is 110 cm³/mol. The van der Waals surface area contributed by atoms with Gasteiger partial charge >= 0.3 is 11.9 Å². The number of morpholine rings is 1. The summed E-state index contributed by atoms with van der Waals surface area (Å²) < 4.78 is 27.9. The lowest BCUT2D eigenvalue weighted by atomic mass is 10.0. The van der Waals surface area contributed by atoms with Gasteiger partial charge in [-0.1, -0.05) is 23.7 Å². The summed E-state index contributed by atoms with van der Waals surface area (Å²) in [5.74, 6) is -1.20. The molecule has 2 aromatic rings. The SMILES string of the molecule is COc1cc(Cl)ccc1Oc1ccc(C[C@@]23OCCNC2OC(=O)/C=C/C(=O)O3)cc1. The highest BCUT2D eigenvalue weighted by Gasteiger charge is 2.49. The van der Waals surface area contributed by atoms with E-state index in [1.54, 1.807) is 30.3 Å². The molecular weight excluding hydrogens is 426 g/mol. The maximum atomic E-state index is 12.1. The van der Waals surface area contributed by atoms with Gasteiger partial charge < -0.3 is 23.7 Å². The molecule has 2 aliphatic heterocycles. The Morgan fingerprint density at radius 1 is 1.10 bits per heavy atom. The van der Waals surface area contributed by atoms with Crippen LogP contribution in [0.15, 0.2) is 54.6 Å². The van der Waals surface area contributed by atoms with Gasteiger partial charge in [-0.2, -0.15) is 0 Å². The van der Waals surface area contributed by atoms with Crippen LogP contribution in [0.5, 0.6) is 17.2 Å². The zero-order valence-corrected chi connectivity index (χ0v) is 17.4. The monoisotopic (exact) mass is 445 g/mol. The first kappa shape index (κ1) is 21.2. The molecule has 4 rings (SSSR count). The lowest BCUT2D eigenvalue weighted by Gasteiger charge is -2.42. The van der Waals surface area contributed by atoms with E-state index in [9.17, 15) is 9.59 Å². The standard InChI is InChI=1S/C22H20ClNO7/c1-27-18-12-15(23)4-7-17(18)29-16-5-2-14(3-6-16)13-22-21(24-10-11-28-22)30-19(25)8-9-20(26)31-22/h2-9,12,21,24H,10-11,13H2,1H3/b9-8+/t21?,22-/m0/s1. The van der Waals surface area contributed by atoms with E-state index in [2.05, 4.69) is 5.32 Å². The molecule has 0 bridgehead atoms. The van der Waals surface area contributed by atoms with Crippen LogP contribution >= 0.6 is 11.6 Å². The molecule has 1 fully saturated rings. The second-order valence-corrected chi connectivity index (χ2v) is 7.34. The molecule has 1 saturated heterocycles. The number of hydrogen-bond acceptors (Lipinski definition) is 8. The highest BCUT2D eigenvalue weighted by molar-refractivity contribution is 6.30. The minimum atomic E-state index is -1.47. The van der Waals surface area contributed by atoms with Crippen LogP contribution in [0.3, 0.4) is 0 Å². The van der Waals surface area contributed by atoms with Crippen molar-refractivity contribution in [1.29, 1.82) is 0 Å². The normalized spacial score (nSPS) is 24.1. The van der Waals surface area contributed by atoms with Crippen molar-refractivity contribution in [3.63, 3.8) is 0 Å². The molecule has 1 N–H and O–H groups in total. The van der Waals surface area contributed by atoms with Crippen molar-refractivity contribution in [2.45, 2.75) is 18.4 Å². The molecule has 8 nitrogen and oxygen atoms in total. The van der Waals surface area contributed by atoms with Gasteiger partial charge in [0, 0.05) is 36.2 Å². The molecule has 31 heavy (non-hydrogen) atoms. The van der Waals surface area contributed by atoms with Gasteiger partial charge in [-0.25, -0.2) is 9.59 Å². The van der Waals surface area contributed by atoms with Crippen LogP contribution in [-0.2, 0) is 30.2 Å². The quantitative estimate of drug-likeness (QED) is 0.702. The number of carbonyl (C=O) groups is 2. The molecule has 0 radical (unpaired) electrons. The molecule has 9 heteroatoms. The van der Waals surface area contributed by atoms with Crippen molar-refractivity contribution >= 4 is 23.5 Å². The van der Waals surface area contributed by atoms with Gasteiger partial charge in [0.1, 0.15) is 5.75 Å². The summed E-state index contributed by atoms with van der Waals surface area (Å²) in [6.45, 7) is 0.749. The minimum absolute atomic E-state index is 0.169. The fourth-order valence-electron chi connectivity index (χ4n) is 3.35. The van der Waals surface area contributed by atoms with Crippen LogP contribution in [-0.4, -0.2) is 44.2 Å². The van der Waals surface area contributed by atoms with Crippen LogP contribution in [0.4, 0.5) is 0 Å². The first-order chi connectivity index (χ1) is 15.0.